The highest BCUT2D eigenvalue weighted by molar-refractivity contribution is 7.89. The smallest absolute Gasteiger partial charge is 0.240 e. The Morgan fingerprint density at radius 2 is 1.83 bits per heavy atom. The molecule has 0 bridgehead atoms. The van der Waals surface area contributed by atoms with Crippen molar-refractivity contribution in [3.63, 3.8) is 0 Å². The van der Waals surface area contributed by atoms with Gasteiger partial charge in [0.1, 0.15) is 5.75 Å². The number of aromatic nitrogens is 1. The molecule has 1 N–H and O–H groups in total. The second-order valence-electron chi connectivity index (χ2n) is 7.74. The molecule has 1 aliphatic rings. The standard InChI is InChI=1S/C21H31N3O4S/c1-17(2)16-28-18-6-8-19(9-7-18)29(25,26)22-15-21(20-5-4-10-23(20)3)24-11-13-27-14-12-24/h4-10,17,21-22H,11-16H2,1-3H3. The van der Waals surface area contributed by atoms with Crippen LogP contribution >= 0.6 is 0 Å². The first-order valence-electron chi connectivity index (χ1n) is 10.0. The summed E-state index contributed by atoms with van der Waals surface area (Å²) in [5.41, 5.74) is 1.08. The van der Waals surface area contributed by atoms with E-state index in [9.17, 15) is 8.42 Å². The lowest BCUT2D eigenvalue weighted by Gasteiger charge is -2.34. The van der Waals surface area contributed by atoms with Crippen LogP contribution in [-0.2, 0) is 21.8 Å². The molecular formula is C21H31N3O4S. The van der Waals surface area contributed by atoms with Crippen LogP contribution in [0.5, 0.6) is 5.75 Å². The van der Waals surface area contributed by atoms with E-state index in [1.807, 2.05) is 29.9 Å². The van der Waals surface area contributed by atoms with Crippen molar-refractivity contribution in [2.75, 3.05) is 39.5 Å². The third-order valence-electron chi connectivity index (χ3n) is 5.00. The van der Waals surface area contributed by atoms with Gasteiger partial charge >= 0.3 is 0 Å². The highest BCUT2D eigenvalue weighted by Gasteiger charge is 2.26. The Balaban J connectivity index is 1.70. The summed E-state index contributed by atoms with van der Waals surface area (Å²) in [6, 6.07) is 10.5. The van der Waals surface area contributed by atoms with Gasteiger partial charge in [0, 0.05) is 38.6 Å². The minimum atomic E-state index is -3.62. The Morgan fingerprint density at radius 3 is 2.41 bits per heavy atom. The predicted octanol–water partition coefficient (Wildman–Crippen LogP) is 2.41. The van der Waals surface area contributed by atoms with Crippen molar-refractivity contribution in [1.29, 1.82) is 0 Å². The monoisotopic (exact) mass is 421 g/mol. The molecule has 0 amide bonds. The maximum absolute atomic E-state index is 12.8. The fraction of sp³-hybridized carbons (Fsp3) is 0.524. The van der Waals surface area contributed by atoms with Crippen LogP contribution < -0.4 is 9.46 Å². The van der Waals surface area contributed by atoms with Crippen LogP contribution in [0.2, 0.25) is 0 Å². The summed E-state index contributed by atoms with van der Waals surface area (Å²) in [4.78, 5) is 2.51. The fourth-order valence-corrected chi connectivity index (χ4v) is 4.42. The minimum absolute atomic E-state index is 0.0534. The van der Waals surface area contributed by atoms with Crippen molar-refractivity contribution in [1.82, 2.24) is 14.2 Å². The summed E-state index contributed by atoms with van der Waals surface area (Å²) in [5, 5.41) is 0. The summed E-state index contributed by atoms with van der Waals surface area (Å²) in [7, 11) is -1.64. The zero-order valence-electron chi connectivity index (χ0n) is 17.4. The molecule has 1 unspecified atom stereocenters. The second-order valence-corrected chi connectivity index (χ2v) is 9.50. The second kappa shape index (κ2) is 9.75. The summed E-state index contributed by atoms with van der Waals surface area (Å²) in [6.45, 7) is 7.91. The van der Waals surface area contributed by atoms with Crippen LogP contribution in [0.3, 0.4) is 0 Å². The van der Waals surface area contributed by atoms with Gasteiger partial charge in [0.15, 0.2) is 0 Å². The van der Waals surface area contributed by atoms with E-state index >= 15 is 0 Å². The molecule has 0 radical (unpaired) electrons. The molecule has 8 heteroatoms. The van der Waals surface area contributed by atoms with Crippen molar-refractivity contribution >= 4 is 10.0 Å². The van der Waals surface area contributed by atoms with Crippen LogP contribution in [0.1, 0.15) is 25.6 Å². The molecule has 0 saturated carbocycles. The minimum Gasteiger partial charge on any atom is -0.493 e. The Hall–Kier alpha value is -1.87. The molecular weight excluding hydrogens is 390 g/mol. The van der Waals surface area contributed by atoms with Crippen molar-refractivity contribution in [3.05, 3.63) is 48.3 Å². The lowest BCUT2D eigenvalue weighted by molar-refractivity contribution is 0.0158. The predicted molar refractivity (Wildman–Crippen MR) is 113 cm³/mol. The van der Waals surface area contributed by atoms with E-state index in [0.717, 1.165) is 18.8 Å². The molecule has 1 aromatic carbocycles. The first-order valence-corrected chi connectivity index (χ1v) is 11.5. The number of rotatable bonds is 9. The van der Waals surface area contributed by atoms with E-state index in [0.29, 0.717) is 38.0 Å². The van der Waals surface area contributed by atoms with E-state index in [1.54, 1.807) is 24.3 Å². The van der Waals surface area contributed by atoms with Crippen LogP contribution in [-0.4, -0.2) is 57.3 Å². The zero-order valence-corrected chi connectivity index (χ0v) is 18.2. The number of nitrogens with zero attached hydrogens (tertiary/aromatic N) is 2. The molecule has 1 atom stereocenters. The summed E-state index contributed by atoms with van der Waals surface area (Å²) in [5.74, 6) is 1.09. The molecule has 0 aliphatic carbocycles. The summed E-state index contributed by atoms with van der Waals surface area (Å²) in [6.07, 6.45) is 1.98. The Morgan fingerprint density at radius 1 is 1.14 bits per heavy atom. The Bertz CT molecular complexity index is 872. The van der Waals surface area contributed by atoms with Crippen LogP contribution in [0.25, 0.3) is 0 Å². The zero-order chi connectivity index (χ0) is 20.9. The molecule has 1 aliphatic heterocycles. The molecule has 7 nitrogen and oxygen atoms in total. The van der Waals surface area contributed by atoms with Gasteiger partial charge in [-0.3, -0.25) is 4.90 Å². The number of morpholine rings is 1. The topological polar surface area (TPSA) is 72.8 Å². The lowest BCUT2D eigenvalue weighted by Crippen LogP contribution is -2.44. The van der Waals surface area contributed by atoms with Gasteiger partial charge in [0.2, 0.25) is 10.0 Å². The van der Waals surface area contributed by atoms with Gasteiger partial charge in [0.25, 0.3) is 0 Å². The number of nitrogens with one attached hydrogen (secondary N) is 1. The molecule has 1 aromatic heterocycles. The molecule has 0 spiro atoms. The highest BCUT2D eigenvalue weighted by Crippen LogP contribution is 2.23. The normalized spacial score (nSPS) is 16.8. The first-order chi connectivity index (χ1) is 13.9. The summed E-state index contributed by atoms with van der Waals surface area (Å²) >= 11 is 0. The van der Waals surface area contributed by atoms with Gasteiger partial charge in [-0.15, -0.1) is 0 Å². The fourth-order valence-electron chi connectivity index (χ4n) is 3.38. The Kier molecular flexibility index (Phi) is 7.34. The van der Waals surface area contributed by atoms with Gasteiger partial charge in [0.05, 0.1) is 30.8 Å². The molecule has 160 valence electrons. The van der Waals surface area contributed by atoms with Gasteiger partial charge in [-0.25, -0.2) is 13.1 Å². The quantitative estimate of drug-likeness (QED) is 0.673. The molecule has 1 fully saturated rings. The molecule has 2 aromatic rings. The van der Waals surface area contributed by atoms with Gasteiger partial charge < -0.3 is 14.0 Å². The van der Waals surface area contributed by atoms with Gasteiger partial charge in [-0.1, -0.05) is 13.8 Å². The SMILES string of the molecule is CC(C)COc1ccc(S(=O)(=O)NCC(c2cccn2C)N2CCOCC2)cc1. The number of hydrogen-bond donors (Lipinski definition) is 1. The van der Waals surface area contributed by atoms with Crippen molar-refractivity contribution in [3.8, 4) is 5.75 Å². The average molecular weight is 422 g/mol. The maximum Gasteiger partial charge on any atom is 0.240 e. The molecule has 29 heavy (non-hydrogen) atoms. The highest BCUT2D eigenvalue weighted by atomic mass is 32.2. The maximum atomic E-state index is 12.8. The molecule has 3 rings (SSSR count). The van der Waals surface area contributed by atoms with E-state index in [1.165, 1.54) is 0 Å². The third kappa shape index (κ3) is 5.82. The third-order valence-corrected chi connectivity index (χ3v) is 6.44. The number of benzene rings is 1. The van der Waals surface area contributed by atoms with Crippen LogP contribution in [0, 0.1) is 5.92 Å². The van der Waals surface area contributed by atoms with E-state index in [-0.39, 0.29) is 10.9 Å². The Labute approximate surface area is 173 Å². The van der Waals surface area contributed by atoms with Gasteiger partial charge in [-0.2, -0.15) is 0 Å². The van der Waals surface area contributed by atoms with Crippen molar-refractivity contribution in [2.24, 2.45) is 13.0 Å². The van der Waals surface area contributed by atoms with E-state index in [2.05, 4.69) is 23.5 Å². The molecule has 2 heterocycles. The summed E-state index contributed by atoms with van der Waals surface area (Å²) < 4.78 is 41.6. The van der Waals surface area contributed by atoms with Crippen molar-refractivity contribution in [2.45, 2.75) is 24.8 Å². The van der Waals surface area contributed by atoms with Crippen molar-refractivity contribution < 1.29 is 17.9 Å². The van der Waals surface area contributed by atoms with Crippen LogP contribution in [0.15, 0.2) is 47.5 Å². The van der Waals surface area contributed by atoms with Crippen LogP contribution in [0.4, 0.5) is 0 Å². The van der Waals surface area contributed by atoms with E-state index < -0.39 is 10.0 Å². The largest absolute Gasteiger partial charge is 0.493 e. The van der Waals surface area contributed by atoms with E-state index in [4.69, 9.17) is 9.47 Å². The number of ether oxygens (including phenoxy) is 2. The first kappa shape index (κ1) is 21.8. The number of sulfonamides is 1. The number of aryl methyl sites for hydroxylation is 1. The van der Waals surface area contributed by atoms with Gasteiger partial charge in [-0.05, 0) is 42.3 Å². The average Bonchev–Trinajstić information content (AvgIpc) is 3.13. The lowest BCUT2D eigenvalue weighted by atomic mass is 10.1. The molecule has 1 saturated heterocycles. The number of hydrogen-bond acceptors (Lipinski definition) is 5.